The van der Waals surface area contributed by atoms with Crippen molar-refractivity contribution in [2.45, 2.75) is 32.0 Å². The van der Waals surface area contributed by atoms with Gasteiger partial charge in [-0.15, -0.1) is 0 Å². The number of nitrogens with zero attached hydrogens (tertiary/aromatic N) is 1. The molecular weight excluding hydrogens is 383 g/mol. The predicted molar refractivity (Wildman–Crippen MR) is 109 cm³/mol. The molecule has 4 nitrogen and oxygen atoms in total. The van der Waals surface area contributed by atoms with Crippen molar-refractivity contribution in [1.29, 1.82) is 0 Å². The number of benzene rings is 2. The van der Waals surface area contributed by atoms with Crippen molar-refractivity contribution in [2.75, 3.05) is 19.7 Å². The monoisotopic (exact) mass is 406 g/mol. The lowest BCUT2D eigenvalue weighted by atomic mass is 10.1. The van der Waals surface area contributed by atoms with Crippen LogP contribution in [0.5, 0.6) is 0 Å². The molecule has 0 radical (unpaired) electrons. The molecule has 0 unspecified atom stereocenters. The molecule has 2 aromatic carbocycles. The molecule has 1 amide bonds. The largest absolute Gasteiger partial charge is 0.373 e. The zero-order chi connectivity index (χ0) is 19.2. The van der Waals surface area contributed by atoms with E-state index in [1.54, 1.807) is 0 Å². The van der Waals surface area contributed by atoms with Crippen LogP contribution in [0.15, 0.2) is 48.5 Å². The van der Waals surface area contributed by atoms with Crippen LogP contribution in [-0.2, 0) is 22.5 Å². The third kappa shape index (κ3) is 5.94. The van der Waals surface area contributed by atoms with Crippen LogP contribution < -0.4 is 5.32 Å². The number of carbonyl (C=O) groups is 1. The standard InChI is InChI=1S/C21H24Cl2N2O2/c1-15-14-27-18(11-24-21(26)10-16-5-3-2-4-6-16)13-25(15)12-17-7-8-19(22)20(23)9-17/h2-9,15,18H,10-14H2,1H3,(H,24,26)/t15-,18+/m1/s1. The molecule has 0 spiro atoms. The van der Waals surface area contributed by atoms with Gasteiger partial charge in [-0.25, -0.2) is 0 Å². The number of halogens is 2. The summed E-state index contributed by atoms with van der Waals surface area (Å²) >= 11 is 12.1. The number of rotatable bonds is 6. The average Bonchev–Trinajstić information content (AvgIpc) is 2.66. The van der Waals surface area contributed by atoms with Gasteiger partial charge in [-0.2, -0.15) is 0 Å². The number of morpholine rings is 1. The van der Waals surface area contributed by atoms with E-state index >= 15 is 0 Å². The molecule has 0 aliphatic carbocycles. The number of nitrogens with one attached hydrogen (secondary N) is 1. The van der Waals surface area contributed by atoms with Gasteiger partial charge in [0.15, 0.2) is 0 Å². The van der Waals surface area contributed by atoms with Gasteiger partial charge >= 0.3 is 0 Å². The highest BCUT2D eigenvalue weighted by atomic mass is 35.5. The molecule has 2 aromatic rings. The van der Waals surface area contributed by atoms with E-state index in [0.717, 1.165) is 24.2 Å². The molecule has 2 atom stereocenters. The molecule has 1 aliphatic heterocycles. The second-order valence-electron chi connectivity index (χ2n) is 6.95. The van der Waals surface area contributed by atoms with Crippen LogP contribution in [-0.4, -0.2) is 42.6 Å². The van der Waals surface area contributed by atoms with E-state index in [4.69, 9.17) is 27.9 Å². The number of carbonyl (C=O) groups excluding carboxylic acids is 1. The van der Waals surface area contributed by atoms with Gasteiger partial charge < -0.3 is 10.1 Å². The first kappa shape index (κ1) is 20.2. The van der Waals surface area contributed by atoms with Gasteiger partial charge in [0.25, 0.3) is 0 Å². The number of amides is 1. The maximum absolute atomic E-state index is 12.2. The second-order valence-corrected chi connectivity index (χ2v) is 7.76. The Morgan fingerprint density at radius 3 is 2.67 bits per heavy atom. The third-order valence-corrected chi connectivity index (χ3v) is 5.48. The Labute approximate surface area is 170 Å². The minimum atomic E-state index is -0.0244. The van der Waals surface area contributed by atoms with Gasteiger partial charge in [0.1, 0.15) is 0 Å². The lowest BCUT2D eigenvalue weighted by molar-refractivity contribution is -0.122. The fourth-order valence-electron chi connectivity index (χ4n) is 3.16. The van der Waals surface area contributed by atoms with Crippen molar-refractivity contribution in [3.63, 3.8) is 0 Å². The summed E-state index contributed by atoms with van der Waals surface area (Å²) in [5.74, 6) is 0.0134. The molecular formula is C21H24Cl2N2O2. The third-order valence-electron chi connectivity index (χ3n) is 4.74. The Morgan fingerprint density at radius 1 is 1.15 bits per heavy atom. The van der Waals surface area contributed by atoms with E-state index in [1.807, 2.05) is 48.5 Å². The quantitative estimate of drug-likeness (QED) is 0.789. The minimum Gasteiger partial charge on any atom is -0.373 e. The summed E-state index contributed by atoms with van der Waals surface area (Å²) < 4.78 is 5.90. The van der Waals surface area contributed by atoms with Crippen LogP contribution in [0.3, 0.4) is 0 Å². The molecule has 6 heteroatoms. The topological polar surface area (TPSA) is 41.6 Å². The molecule has 1 saturated heterocycles. The number of hydrogen-bond acceptors (Lipinski definition) is 3. The SMILES string of the molecule is C[C@@H]1CO[C@@H](CNC(=O)Cc2ccccc2)CN1Cc1ccc(Cl)c(Cl)c1. The Balaban J connectivity index is 1.50. The van der Waals surface area contributed by atoms with Gasteiger partial charge in [0, 0.05) is 25.7 Å². The molecule has 1 aliphatic rings. The van der Waals surface area contributed by atoms with Crippen LogP contribution in [0.25, 0.3) is 0 Å². The summed E-state index contributed by atoms with van der Waals surface area (Å²) in [5.41, 5.74) is 2.12. The lowest BCUT2D eigenvalue weighted by Crippen LogP contribution is -2.51. The normalized spacial score (nSPS) is 20.4. The fraction of sp³-hybridized carbons (Fsp3) is 0.381. The molecule has 1 N–H and O–H groups in total. The maximum atomic E-state index is 12.2. The zero-order valence-corrected chi connectivity index (χ0v) is 16.8. The van der Waals surface area contributed by atoms with Crippen molar-refractivity contribution in [2.24, 2.45) is 0 Å². The molecule has 27 heavy (non-hydrogen) atoms. The molecule has 0 bridgehead atoms. The van der Waals surface area contributed by atoms with Crippen molar-refractivity contribution in [3.05, 3.63) is 69.7 Å². The molecule has 1 fully saturated rings. The zero-order valence-electron chi connectivity index (χ0n) is 15.3. The van der Waals surface area contributed by atoms with E-state index in [-0.39, 0.29) is 12.0 Å². The lowest BCUT2D eigenvalue weighted by Gasteiger charge is -2.38. The van der Waals surface area contributed by atoms with E-state index in [9.17, 15) is 4.79 Å². The first-order valence-electron chi connectivity index (χ1n) is 9.11. The Morgan fingerprint density at radius 2 is 1.93 bits per heavy atom. The second kappa shape index (κ2) is 9.56. The maximum Gasteiger partial charge on any atom is 0.224 e. The van der Waals surface area contributed by atoms with Gasteiger partial charge in [0.05, 0.1) is 29.2 Å². The molecule has 0 aromatic heterocycles. The highest BCUT2D eigenvalue weighted by Crippen LogP contribution is 2.24. The summed E-state index contributed by atoms with van der Waals surface area (Å²) in [4.78, 5) is 14.5. The molecule has 144 valence electrons. The summed E-state index contributed by atoms with van der Waals surface area (Å²) in [6.07, 6.45) is 0.362. The minimum absolute atomic E-state index is 0.0134. The highest BCUT2D eigenvalue weighted by molar-refractivity contribution is 6.42. The Hall–Kier alpha value is -1.59. The summed E-state index contributed by atoms with van der Waals surface area (Å²) in [5, 5.41) is 4.12. The van der Waals surface area contributed by atoms with E-state index in [2.05, 4.69) is 17.1 Å². The van der Waals surface area contributed by atoms with E-state index < -0.39 is 0 Å². The van der Waals surface area contributed by atoms with Crippen LogP contribution in [0.4, 0.5) is 0 Å². The van der Waals surface area contributed by atoms with Crippen LogP contribution in [0.1, 0.15) is 18.1 Å². The number of ether oxygens (including phenoxy) is 1. The Kier molecular flexibility index (Phi) is 7.13. The molecule has 1 heterocycles. The summed E-state index contributed by atoms with van der Waals surface area (Å²) in [6, 6.07) is 15.8. The van der Waals surface area contributed by atoms with Gasteiger partial charge in [0.2, 0.25) is 5.91 Å². The Bertz CT molecular complexity index is 770. The number of hydrogen-bond donors (Lipinski definition) is 1. The average molecular weight is 407 g/mol. The predicted octanol–water partition coefficient (Wildman–Crippen LogP) is 3.94. The fourth-order valence-corrected chi connectivity index (χ4v) is 3.48. The molecule has 0 saturated carbocycles. The van der Waals surface area contributed by atoms with E-state index in [0.29, 0.717) is 35.7 Å². The first-order chi connectivity index (χ1) is 13.0. The highest BCUT2D eigenvalue weighted by Gasteiger charge is 2.26. The van der Waals surface area contributed by atoms with Gasteiger partial charge in [-0.05, 0) is 30.2 Å². The molecule has 3 rings (SSSR count). The van der Waals surface area contributed by atoms with Gasteiger partial charge in [-0.1, -0.05) is 59.6 Å². The summed E-state index contributed by atoms with van der Waals surface area (Å²) in [7, 11) is 0. The smallest absolute Gasteiger partial charge is 0.224 e. The summed E-state index contributed by atoms with van der Waals surface area (Å²) in [6.45, 7) is 4.82. The van der Waals surface area contributed by atoms with Crippen molar-refractivity contribution < 1.29 is 9.53 Å². The first-order valence-corrected chi connectivity index (χ1v) is 9.87. The van der Waals surface area contributed by atoms with Crippen molar-refractivity contribution in [3.8, 4) is 0 Å². The van der Waals surface area contributed by atoms with Crippen molar-refractivity contribution in [1.82, 2.24) is 10.2 Å². The van der Waals surface area contributed by atoms with Crippen molar-refractivity contribution >= 4 is 29.1 Å². The van der Waals surface area contributed by atoms with Gasteiger partial charge in [-0.3, -0.25) is 9.69 Å². The van der Waals surface area contributed by atoms with E-state index in [1.165, 1.54) is 0 Å². The van der Waals surface area contributed by atoms with Crippen LogP contribution in [0, 0.1) is 0 Å². The van der Waals surface area contributed by atoms with Crippen LogP contribution in [0.2, 0.25) is 10.0 Å². The van der Waals surface area contributed by atoms with Crippen LogP contribution >= 0.6 is 23.2 Å².